The molecule has 0 aliphatic rings. The molecule has 0 aromatic carbocycles. The van der Waals surface area contributed by atoms with Gasteiger partial charge in [0.05, 0.1) is 6.20 Å². The van der Waals surface area contributed by atoms with Crippen LogP contribution in [-0.4, -0.2) is 19.9 Å². The van der Waals surface area contributed by atoms with Crippen LogP contribution in [0.4, 0.5) is 0 Å². The van der Waals surface area contributed by atoms with Crippen molar-refractivity contribution in [3.05, 3.63) is 47.5 Å². The van der Waals surface area contributed by atoms with Gasteiger partial charge in [0.25, 0.3) is 0 Å². The Morgan fingerprint density at radius 1 is 1.27 bits per heavy atom. The van der Waals surface area contributed by atoms with E-state index < -0.39 is 6.10 Å². The Bertz CT molecular complexity index is 447. The van der Waals surface area contributed by atoms with Gasteiger partial charge in [-0.3, -0.25) is 9.67 Å². The second kappa shape index (κ2) is 3.82. The van der Waals surface area contributed by atoms with Gasteiger partial charge in [0, 0.05) is 36.3 Å². The number of rotatable bonds is 2. The second-order valence-corrected chi connectivity index (χ2v) is 3.58. The van der Waals surface area contributed by atoms with Crippen LogP contribution in [0.2, 0.25) is 0 Å². The summed E-state index contributed by atoms with van der Waals surface area (Å²) in [4.78, 5) is 4.15. The van der Waals surface area contributed by atoms with Crippen LogP contribution in [0.3, 0.4) is 0 Å². The van der Waals surface area contributed by atoms with Crippen LogP contribution in [-0.2, 0) is 7.05 Å². The first-order chi connectivity index (χ1) is 7.16. The van der Waals surface area contributed by atoms with E-state index in [0.717, 1.165) is 16.8 Å². The van der Waals surface area contributed by atoms with Crippen molar-refractivity contribution >= 4 is 0 Å². The standard InChI is InChI=1S/C11H13N3O/c1-8-3-4-9(5-12-8)11(15)10-6-13-14(2)7-10/h3-7,11,15H,1-2H3. The minimum absolute atomic E-state index is 0.646. The summed E-state index contributed by atoms with van der Waals surface area (Å²) < 4.78 is 1.67. The molecule has 0 bridgehead atoms. The first-order valence-corrected chi connectivity index (χ1v) is 4.76. The summed E-state index contributed by atoms with van der Waals surface area (Å²) in [5.41, 5.74) is 2.51. The molecule has 1 N–H and O–H groups in total. The molecule has 2 aromatic heterocycles. The number of aryl methyl sites for hydroxylation is 2. The summed E-state index contributed by atoms with van der Waals surface area (Å²) in [6, 6.07) is 3.76. The third kappa shape index (κ3) is 2.05. The van der Waals surface area contributed by atoms with Crippen molar-refractivity contribution in [2.24, 2.45) is 7.05 Å². The van der Waals surface area contributed by atoms with Crippen LogP contribution < -0.4 is 0 Å². The van der Waals surface area contributed by atoms with E-state index in [4.69, 9.17) is 0 Å². The zero-order valence-corrected chi connectivity index (χ0v) is 8.75. The summed E-state index contributed by atoms with van der Waals surface area (Å²) in [5, 5.41) is 14.0. The molecular formula is C11H13N3O. The highest BCUT2D eigenvalue weighted by Gasteiger charge is 2.11. The predicted octanol–water partition coefficient (Wildman–Crippen LogP) is 1.21. The van der Waals surface area contributed by atoms with E-state index >= 15 is 0 Å². The lowest BCUT2D eigenvalue weighted by Crippen LogP contribution is -1.99. The molecule has 4 heteroatoms. The van der Waals surface area contributed by atoms with E-state index in [1.807, 2.05) is 26.1 Å². The van der Waals surface area contributed by atoms with Crippen LogP contribution in [0.15, 0.2) is 30.7 Å². The smallest absolute Gasteiger partial charge is 0.109 e. The SMILES string of the molecule is Cc1ccc(C(O)c2cnn(C)c2)cn1. The minimum Gasteiger partial charge on any atom is -0.383 e. The van der Waals surface area contributed by atoms with Gasteiger partial charge in [0.1, 0.15) is 6.10 Å². The van der Waals surface area contributed by atoms with E-state index in [-0.39, 0.29) is 0 Å². The molecule has 15 heavy (non-hydrogen) atoms. The van der Waals surface area contributed by atoms with Crippen LogP contribution in [0.1, 0.15) is 22.9 Å². The zero-order chi connectivity index (χ0) is 10.8. The molecule has 0 saturated carbocycles. The Balaban J connectivity index is 2.28. The summed E-state index contributed by atoms with van der Waals surface area (Å²) in [6.07, 6.45) is 4.49. The van der Waals surface area contributed by atoms with Crippen molar-refractivity contribution in [3.8, 4) is 0 Å². The van der Waals surface area contributed by atoms with Gasteiger partial charge in [-0.2, -0.15) is 5.10 Å². The molecule has 2 rings (SSSR count). The largest absolute Gasteiger partial charge is 0.383 e. The van der Waals surface area contributed by atoms with Crippen LogP contribution in [0.25, 0.3) is 0 Å². The van der Waals surface area contributed by atoms with Crippen molar-refractivity contribution in [1.82, 2.24) is 14.8 Å². The van der Waals surface area contributed by atoms with E-state index in [1.54, 1.807) is 23.3 Å². The molecule has 2 heterocycles. The summed E-state index contributed by atoms with van der Waals surface area (Å²) in [5.74, 6) is 0. The molecule has 0 spiro atoms. The van der Waals surface area contributed by atoms with E-state index in [0.29, 0.717) is 0 Å². The summed E-state index contributed by atoms with van der Waals surface area (Å²) >= 11 is 0. The first-order valence-electron chi connectivity index (χ1n) is 4.76. The van der Waals surface area contributed by atoms with Crippen LogP contribution in [0, 0.1) is 6.92 Å². The average Bonchev–Trinajstić information content (AvgIpc) is 2.65. The molecule has 0 aliphatic heterocycles. The van der Waals surface area contributed by atoms with E-state index in [9.17, 15) is 5.11 Å². The maximum Gasteiger partial charge on any atom is 0.109 e. The highest BCUT2D eigenvalue weighted by atomic mass is 16.3. The van der Waals surface area contributed by atoms with Crippen molar-refractivity contribution in [2.75, 3.05) is 0 Å². The fourth-order valence-corrected chi connectivity index (χ4v) is 1.41. The lowest BCUT2D eigenvalue weighted by Gasteiger charge is -2.07. The fourth-order valence-electron chi connectivity index (χ4n) is 1.41. The number of aliphatic hydroxyl groups excluding tert-OH is 1. The molecule has 78 valence electrons. The zero-order valence-electron chi connectivity index (χ0n) is 8.75. The molecule has 1 unspecified atom stereocenters. The molecule has 2 aromatic rings. The number of hydrogen-bond acceptors (Lipinski definition) is 3. The summed E-state index contributed by atoms with van der Waals surface area (Å²) in [7, 11) is 1.82. The van der Waals surface area contributed by atoms with Crippen LogP contribution in [0.5, 0.6) is 0 Å². The highest BCUT2D eigenvalue weighted by Crippen LogP contribution is 2.20. The topological polar surface area (TPSA) is 50.9 Å². The van der Waals surface area contributed by atoms with Crippen LogP contribution >= 0.6 is 0 Å². The van der Waals surface area contributed by atoms with Crippen molar-refractivity contribution in [1.29, 1.82) is 0 Å². The van der Waals surface area contributed by atoms with Gasteiger partial charge >= 0.3 is 0 Å². The third-order valence-corrected chi connectivity index (χ3v) is 2.29. The molecule has 0 saturated heterocycles. The van der Waals surface area contributed by atoms with Crippen molar-refractivity contribution < 1.29 is 5.11 Å². The lowest BCUT2D eigenvalue weighted by molar-refractivity contribution is 0.220. The monoisotopic (exact) mass is 203 g/mol. The Labute approximate surface area is 88.2 Å². The van der Waals surface area contributed by atoms with Gasteiger partial charge in [-0.05, 0) is 13.0 Å². The van der Waals surface area contributed by atoms with Gasteiger partial charge in [0.15, 0.2) is 0 Å². The molecule has 4 nitrogen and oxygen atoms in total. The molecule has 0 amide bonds. The molecular weight excluding hydrogens is 190 g/mol. The third-order valence-electron chi connectivity index (χ3n) is 2.29. The normalized spacial score (nSPS) is 12.7. The summed E-state index contributed by atoms with van der Waals surface area (Å²) in [6.45, 7) is 1.92. The van der Waals surface area contributed by atoms with E-state index in [1.165, 1.54) is 0 Å². The predicted molar refractivity (Wildman–Crippen MR) is 56.2 cm³/mol. The molecule has 1 atom stereocenters. The maximum atomic E-state index is 10.0. The Kier molecular flexibility index (Phi) is 2.51. The highest BCUT2D eigenvalue weighted by molar-refractivity contribution is 5.25. The molecule has 0 aliphatic carbocycles. The average molecular weight is 203 g/mol. The number of aromatic nitrogens is 3. The Morgan fingerprint density at radius 2 is 2.07 bits per heavy atom. The first kappa shape index (κ1) is 9.86. The van der Waals surface area contributed by atoms with Crippen molar-refractivity contribution in [3.63, 3.8) is 0 Å². The van der Waals surface area contributed by atoms with Gasteiger partial charge < -0.3 is 5.11 Å². The maximum absolute atomic E-state index is 10.0. The fraction of sp³-hybridized carbons (Fsp3) is 0.273. The lowest BCUT2D eigenvalue weighted by atomic mass is 10.1. The number of pyridine rings is 1. The number of aliphatic hydroxyl groups is 1. The van der Waals surface area contributed by atoms with Gasteiger partial charge in [0.2, 0.25) is 0 Å². The van der Waals surface area contributed by atoms with Gasteiger partial charge in [-0.15, -0.1) is 0 Å². The van der Waals surface area contributed by atoms with Crippen molar-refractivity contribution in [2.45, 2.75) is 13.0 Å². The minimum atomic E-state index is -0.646. The number of nitrogens with zero attached hydrogens (tertiary/aromatic N) is 3. The van der Waals surface area contributed by atoms with Gasteiger partial charge in [-0.1, -0.05) is 6.07 Å². The Hall–Kier alpha value is -1.68. The van der Waals surface area contributed by atoms with E-state index in [2.05, 4.69) is 10.1 Å². The Morgan fingerprint density at radius 3 is 2.60 bits per heavy atom. The quantitative estimate of drug-likeness (QED) is 0.798. The molecule has 0 radical (unpaired) electrons. The number of hydrogen-bond donors (Lipinski definition) is 1. The second-order valence-electron chi connectivity index (χ2n) is 3.58. The molecule has 0 fully saturated rings. The van der Waals surface area contributed by atoms with Gasteiger partial charge in [-0.25, -0.2) is 0 Å².